The second-order valence-electron chi connectivity index (χ2n) is 5.73. The number of nitrogens with zero attached hydrogens (tertiary/aromatic N) is 2. The number of hydrogen-bond acceptors (Lipinski definition) is 3. The molecule has 4 nitrogen and oxygen atoms in total. The Hall–Kier alpha value is -2.49. The normalized spacial score (nSPS) is 11.2. The highest BCUT2D eigenvalue weighted by atomic mass is 16.3. The van der Waals surface area contributed by atoms with Gasteiger partial charge >= 0.3 is 0 Å². The third kappa shape index (κ3) is 2.21. The van der Waals surface area contributed by atoms with Crippen LogP contribution in [0.25, 0.3) is 16.8 Å². The lowest BCUT2D eigenvalue weighted by molar-refractivity contribution is 0.453. The highest BCUT2D eigenvalue weighted by Crippen LogP contribution is 2.42. The van der Waals surface area contributed by atoms with Crippen molar-refractivity contribution in [2.24, 2.45) is 0 Å². The van der Waals surface area contributed by atoms with Gasteiger partial charge in [-0.3, -0.25) is 0 Å². The van der Waals surface area contributed by atoms with Crippen molar-refractivity contribution in [3.63, 3.8) is 0 Å². The number of aromatic nitrogens is 2. The molecule has 0 spiro atoms. The number of phenols is 2. The molecule has 0 amide bonds. The summed E-state index contributed by atoms with van der Waals surface area (Å²) in [5, 5.41) is 20.9. The average molecular weight is 296 g/mol. The summed E-state index contributed by atoms with van der Waals surface area (Å²) in [6, 6.07) is 3.47. The molecule has 0 bridgehead atoms. The van der Waals surface area contributed by atoms with E-state index in [1.165, 1.54) is 0 Å². The molecule has 2 N–H and O–H groups in total. The first-order valence-electron chi connectivity index (χ1n) is 7.51. The van der Waals surface area contributed by atoms with E-state index in [4.69, 9.17) is 0 Å². The Morgan fingerprint density at radius 2 is 1.77 bits per heavy atom. The lowest BCUT2D eigenvalue weighted by Gasteiger charge is -2.15. The number of imidazole rings is 1. The Bertz CT molecular complexity index is 827. The van der Waals surface area contributed by atoms with Crippen LogP contribution in [0.4, 0.5) is 0 Å². The van der Waals surface area contributed by atoms with E-state index in [2.05, 4.69) is 11.9 Å². The molecule has 0 aliphatic carbocycles. The molecule has 2 heterocycles. The number of benzene rings is 1. The number of aryl methyl sites for hydroxylation is 2. The summed E-state index contributed by atoms with van der Waals surface area (Å²) in [6.45, 7) is 6.07. The van der Waals surface area contributed by atoms with E-state index in [0.717, 1.165) is 40.7 Å². The standard InChI is InChI=1S/C18H20N2O2/c1-4-5-13-8-14(21)17(15(22)9-13)16-12(3)11(2)10-20-7-6-19-18(16)20/h6-10,21-22H,4-5H2,1-3H3. The molecule has 0 radical (unpaired) electrons. The van der Waals surface area contributed by atoms with E-state index in [0.29, 0.717) is 5.56 Å². The van der Waals surface area contributed by atoms with E-state index >= 15 is 0 Å². The van der Waals surface area contributed by atoms with Gasteiger partial charge in [-0.25, -0.2) is 4.98 Å². The monoisotopic (exact) mass is 296 g/mol. The third-order valence-electron chi connectivity index (χ3n) is 4.14. The summed E-state index contributed by atoms with van der Waals surface area (Å²) in [6.07, 6.45) is 7.38. The lowest BCUT2D eigenvalue weighted by Crippen LogP contribution is -1.97. The number of rotatable bonds is 3. The molecule has 4 heteroatoms. The Morgan fingerprint density at radius 1 is 1.09 bits per heavy atom. The maximum atomic E-state index is 10.5. The molecular formula is C18H20N2O2. The smallest absolute Gasteiger partial charge is 0.145 e. The van der Waals surface area contributed by atoms with E-state index in [1.54, 1.807) is 18.3 Å². The van der Waals surface area contributed by atoms with Crippen molar-refractivity contribution in [3.8, 4) is 22.6 Å². The summed E-state index contributed by atoms with van der Waals surface area (Å²) < 4.78 is 1.91. The molecule has 114 valence electrons. The second-order valence-corrected chi connectivity index (χ2v) is 5.73. The van der Waals surface area contributed by atoms with E-state index in [-0.39, 0.29) is 11.5 Å². The van der Waals surface area contributed by atoms with Crippen LogP contribution in [0.2, 0.25) is 0 Å². The average Bonchev–Trinajstić information content (AvgIpc) is 2.90. The second kappa shape index (κ2) is 5.37. The molecule has 0 unspecified atom stereocenters. The molecular weight excluding hydrogens is 276 g/mol. The first-order chi connectivity index (χ1) is 10.5. The first-order valence-corrected chi connectivity index (χ1v) is 7.51. The van der Waals surface area contributed by atoms with Gasteiger partial charge in [-0.2, -0.15) is 0 Å². The van der Waals surface area contributed by atoms with Crippen molar-refractivity contribution in [1.29, 1.82) is 0 Å². The Kier molecular flexibility index (Phi) is 3.53. The van der Waals surface area contributed by atoms with E-state index < -0.39 is 0 Å². The number of phenolic OH excluding ortho intramolecular Hbond substituents is 2. The minimum absolute atomic E-state index is 0.0991. The largest absolute Gasteiger partial charge is 0.507 e. The van der Waals surface area contributed by atoms with Crippen LogP contribution >= 0.6 is 0 Å². The zero-order valence-electron chi connectivity index (χ0n) is 13.1. The van der Waals surface area contributed by atoms with Crippen molar-refractivity contribution in [2.45, 2.75) is 33.6 Å². The van der Waals surface area contributed by atoms with Gasteiger partial charge in [0, 0.05) is 24.2 Å². The van der Waals surface area contributed by atoms with Crippen LogP contribution in [0.5, 0.6) is 11.5 Å². The third-order valence-corrected chi connectivity index (χ3v) is 4.14. The van der Waals surface area contributed by atoms with Gasteiger partial charge in [-0.15, -0.1) is 0 Å². The highest BCUT2D eigenvalue weighted by Gasteiger charge is 2.19. The number of pyridine rings is 1. The fourth-order valence-electron chi connectivity index (χ4n) is 2.94. The van der Waals surface area contributed by atoms with Crippen molar-refractivity contribution in [2.75, 3.05) is 0 Å². The Balaban J connectivity index is 2.32. The molecule has 0 saturated carbocycles. The number of aromatic hydroxyl groups is 2. The maximum absolute atomic E-state index is 10.5. The molecule has 3 rings (SSSR count). The van der Waals surface area contributed by atoms with Gasteiger partial charge in [-0.1, -0.05) is 13.3 Å². The summed E-state index contributed by atoms with van der Waals surface area (Å²) in [7, 11) is 0. The van der Waals surface area contributed by atoms with Crippen molar-refractivity contribution in [1.82, 2.24) is 9.38 Å². The Labute approximate surface area is 129 Å². The minimum Gasteiger partial charge on any atom is -0.507 e. The number of hydrogen-bond donors (Lipinski definition) is 2. The molecule has 0 saturated heterocycles. The highest BCUT2D eigenvalue weighted by molar-refractivity contribution is 5.88. The molecule has 22 heavy (non-hydrogen) atoms. The van der Waals surface area contributed by atoms with Gasteiger partial charge < -0.3 is 14.6 Å². The Morgan fingerprint density at radius 3 is 2.41 bits per heavy atom. The molecule has 2 aromatic heterocycles. The quantitative estimate of drug-likeness (QED) is 0.768. The van der Waals surface area contributed by atoms with Crippen LogP contribution < -0.4 is 0 Å². The van der Waals surface area contributed by atoms with E-state index in [9.17, 15) is 10.2 Å². The number of fused-ring (bicyclic) bond motifs is 1. The predicted molar refractivity (Wildman–Crippen MR) is 87.4 cm³/mol. The van der Waals surface area contributed by atoms with Crippen LogP contribution in [0.3, 0.4) is 0 Å². The van der Waals surface area contributed by atoms with E-state index in [1.807, 2.05) is 30.6 Å². The summed E-state index contributed by atoms with van der Waals surface area (Å²) in [4.78, 5) is 4.38. The molecule has 1 aromatic carbocycles. The molecule has 0 fully saturated rings. The maximum Gasteiger partial charge on any atom is 0.145 e. The summed E-state index contributed by atoms with van der Waals surface area (Å²) in [5.74, 6) is 0.198. The lowest BCUT2D eigenvalue weighted by atomic mass is 9.95. The molecule has 3 aromatic rings. The first kappa shape index (κ1) is 14.4. The SMILES string of the molecule is CCCc1cc(O)c(-c2c(C)c(C)cn3ccnc23)c(O)c1. The topological polar surface area (TPSA) is 57.8 Å². The zero-order chi connectivity index (χ0) is 15.9. The summed E-state index contributed by atoms with van der Waals surface area (Å²) in [5.41, 5.74) is 4.99. The minimum atomic E-state index is 0.0991. The van der Waals surface area contributed by atoms with Gasteiger partial charge in [0.05, 0.1) is 5.56 Å². The molecule has 0 aliphatic heterocycles. The van der Waals surface area contributed by atoms with Crippen LogP contribution in [0.15, 0.2) is 30.7 Å². The fourth-order valence-corrected chi connectivity index (χ4v) is 2.94. The molecule has 0 atom stereocenters. The van der Waals surface area contributed by atoms with Gasteiger partial charge in [0.25, 0.3) is 0 Å². The van der Waals surface area contributed by atoms with Crippen LogP contribution in [0, 0.1) is 13.8 Å². The van der Waals surface area contributed by atoms with Crippen molar-refractivity contribution in [3.05, 3.63) is 47.4 Å². The van der Waals surface area contributed by atoms with Gasteiger partial charge in [0.2, 0.25) is 0 Å². The van der Waals surface area contributed by atoms with Crippen molar-refractivity contribution < 1.29 is 10.2 Å². The van der Waals surface area contributed by atoms with Gasteiger partial charge in [-0.05, 0) is 49.1 Å². The van der Waals surface area contributed by atoms with Crippen LogP contribution in [-0.4, -0.2) is 19.6 Å². The van der Waals surface area contributed by atoms with Gasteiger partial charge in [0.15, 0.2) is 0 Å². The molecule has 0 aliphatic rings. The predicted octanol–water partition coefficient (Wildman–Crippen LogP) is 3.98. The summed E-state index contributed by atoms with van der Waals surface area (Å²) >= 11 is 0. The van der Waals surface area contributed by atoms with Gasteiger partial charge in [0.1, 0.15) is 17.1 Å². The van der Waals surface area contributed by atoms with Crippen LogP contribution in [0.1, 0.15) is 30.0 Å². The van der Waals surface area contributed by atoms with Crippen LogP contribution in [-0.2, 0) is 6.42 Å². The fraction of sp³-hybridized carbons (Fsp3) is 0.278. The van der Waals surface area contributed by atoms with Crippen molar-refractivity contribution >= 4 is 5.65 Å². The zero-order valence-corrected chi connectivity index (χ0v) is 13.1.